The second-order valence-electron chi connectivity index (χ2n) is 3.18. The van der Waals surface area contributed by atoms with Crippen molar-refractivity contribution in [3.8, 4) is 5.88 Å². The van der Waals surface area contributed by atoms with Crippen LogP contribution in [-0.2, 0) is 0 Å². The number of nitrogens with two attached hydrogens (primary N) is 1. The number of hydrogen-bond acceptors (Lipinski definition) is 4. The van der Waals surface area contributed by atoms with Gasteiger partial charge in [0.05, 0.1) is 5.69 Å². The van der Waals surface area contributed by atoms with Crippen LogP contribution in [0, 0.1) is 0 Å². The van der Waals surface area contributed by atoms with Crippen LogP contribution in [0.5, 0.6) is 5.88 Å². The first-order chi connectivity index (χ1) is 6.59. The van der Waals surface area contributed by atoms with E-state index in [1.54, 1.807) is 12.1 Å². The lowest BCUT2D eigenvalue weighted by molar-refractivity contribution is 0.255. The monoisotopic (exact) mass is 215 g/mol. The zero-order valence-corrected chi connectivity index (χ0v) is 9.08. The molecule has 0 atom stereocenters. The molecule has 1 aromatic heterocycles. The summed E-state index contributed by atoms with van der Waals surface area (Å²) >= 11 is 5.70. The fraction of sp³-hybridized carbons (Fsp3) is 0.444. The van der Waals surface area contributed by atoms with Gasteiger partial charge in [-0.25, -0.2) is 0 Å². The van der Waals surface area contributed by atoms with Crippen LogP contribution in [0.4, 0.5) is 5.69 Å². The highest BCUT2D eigenvalue weighted by Crippen LogP contribution is 2.20. The standard InChI is InChI=1S/C9H14ClN3O/c1-13(2)5-6-14-9-7(11)3-4-8(10)12-9/h3-4H,5-6,11H2,1-2H3. The first-order valence-electron chi connectivity index (χ1n) is 4.29. The van der Waals surface area contributed by atoms with Gasteiger partial charge in [-0.05, 0) is 26.2 Å². The molecule has 0 fully saturated rings. The fourth-order valence-corrected chi connectivity index (χ4v) is 1.01. The molecule has 0 amide bonds. The van der Waals surface area contributed by atoms with Crippen molar-refractivity contribution in [3.05, 3.63) is 17.3 Å². The summed E-state index contributed by atoms with van der Waals surface area (Å²) in [7, 11) is 3.94. The molecule has 78 valence electrons. The summed E-state index contributed by atoms with van der Waals surface area (Å²) in [5.74, 6) is 0.402. The number of aromatic nitrogens is 1. The summed E-state index contributed by atoms with van der Waals surface area (Å²) in [5.41, 5.74) is 6.15. The zero-order chi connectivity index (χ0) is 10.6. The number of pyridine rings is 1. The van der Waals surface area contributed by atoms with Gasteiger partial charge in [-0.3, -0.25) is 0 Å². The number of likely N-dealkylation sites (N-methyl/N-ethyl adjacent to an activating group) is 1. The number of anilines is 1. The predicted octanol–water partition coefficient (Wildman–Crippen LogP) is 1.26. The second-order valence-corrected chi connectivity index (χ2v) is 3.57. The van der Waals surface area contributed by atoms with Crippen molar-refractivity contribution in [2.45, 2.75) is 0 Å². The van der Waals surface area contributed by atoms with E-state index in [0.29, 0.717) is 23.3 Å². The number of rotatable bonds is 4. The summed E-state index contributed by atoms with van der Waals surface area (Å²) in [5, 5.41) is 0.388. The summed E-state index contributed by atoms with van der Waals surface area (Å²) in [6.07, 6.45) is 0. The number of halogens is 1. The SMILES string of the molecule is CN(C)CCOc1nc(Cl)ccc1N. The van der Waals surface area contributed by atoms with Crippen LogP contribution in [0.2, 0.25) is 5.15 Å². The molecule has 0 aliphatic heterocycles. The molecular weight excluding hydrogens is 202 g/mol. The molecule has 1 rings (SSSR count). The molecule has 5 heteroatoms. The van der Waals surface area contributed by atoms with E-state index >= 15 is 0 Å². The van der Waals surface area contributed by atoms with Crippen LogP contribution in [0.25, 0.3) is 0 Å². The molecular formula is C9H14ClN3O. The molecule has 1 aromatic rings. The molecule has 1 heterocycles. The van der Waals surface area contributed by atoms with Crippen LogP contribution < -0.4 is 10.5 Å². The number of ether oxygens (including phenoxy) is 1. The lowest BCUT2D eigenvalue weighted by Gasteiger charge is -2.11. The largest absolute Gasteiger partial charge is 0.475 e. The van der Waals surface area contributed by atoms with Gasteiger partial charge in [-0.2, -0.15) is 4.98 Å². The Balaban J connectivity index is 2.53. The van der Waals surface area contributed by atoms with Crippen molar-refractivity contribution in [1.82, 2.24) is 9.88 Å². The first-order valence-corrected chi connectivity index (χ1v) is 4.67. The van der Waals surface area contributed by atoms with Gasteiger partial charge in [0.1, 0.15) is 11.8 Å². The Hall–Kier alpha value is -1.00. The van der Waals surface area contributed by atoms with Gasteiger partial charge in [0.15, 0.2) is 0 Å². The Kier molecular flexibility index (Phi) is 3.98. The average molecular weight is 216 g/mol. The number of hydrogen-bond donors (Lipinski definition) is 1. The molecule has 0 aliphatic carbocycles. The van der Waals surface area contributed by atoms with Crippen molar-refractivity contribution in [3.63, 3.8) is 0 Å². The highest BCUT2D eigenvalue weighted by Gasteiger charge is 2.02. The van der Waals surface area contributed by atoms with Gasteiger partial charge >= 0.3 is 0 Å². The van der Waals surface area contributed by atoms with Crippen LogP contribution in [-0.4, -0.2) is 37.1 Å². The molecule has 2 N–H and O–H groups in total. The molecule has 0 bridgehead atoms. The minimum atomic E-state index is 0.388. The Labute approximate surface area is 88.6 Å². The van der Waals surface area contributed by atoms with E-state index in [9.17, 15) is 0 Å². The lowest BCUT2D eigenvalue weighted by atomic mass is 10.4. The minimum Gasteiger partial charge on any atom is -0.475 e. The van der Waals surface area contributed by atoms with Crippen LogP contribution in [0.3, 0.4) is 0 Å². The van der Waals surface area contributed by atoms with Gasteiger partial charge in [0, 0.05) is 6.54 Å². The molecule has 0 aliphatic rings. The van der Waals surface area contributed by atoms with Gasteiger partial charge in [-0.15, -0.1) is 0 Å². The van der Waals surface area contributed by atoms with Crippen LogP contribution >= 0.6 is 11.6 Å². The Bertz CT molecular complexity index is 304. The summed E-state index contributed by atoms with van der Waals surface area (Å²) < 4.78 is 5.37. The Morgan fingerprint density at radius 2 is 2.21 bits per heavy atom. The van der Waals surface area contributed by atoms with Gasteiger partial charge in [0.2, 0.25) is 5.88 Å². The zero-order valence-electron chi connectivity index (χ0n) is 8.33. The smallest absolute Gasteiger partial charge is 0.238 e. The highest BCUT2D eigenvalue weighted by atomic mass is 35.5. The van der Waals surface area contributed by atoms with E-state index in [4.69, 9.17) is 22.1 Å². The Morgan fingerprint density at radius 1 is 1.50 bits per heavy atom. The van der Waals surface area contributed by atoms with E-state index in [1.807, 2.05) is 19.0 Å². The first kappa shape index (κ1) is 11.1. The summed E-state index contributed by atoms with van der Waals surface area (Å²) in [4.78, 5) is 5.98. The van der Waals surface area contributed by atoms with E-state index < -0.39 is 0 Å². The third kappa shape index (κ3) is 3.40. The number of nitrogens with zero attached hydrogens (tertiary/aromatic N) is 2. The van der Waals surface area contributed by atoms with Crippen LogP contribution in [0.15, 0.2) is 12.1 Å². The van der Waals surface area contributed by atoms with Crippen molar-refractivity contribution >= 4 is 17.3 Å². The maximum atomic E-state index is 5.70. The third-order valence-electron chi connectivity index (χ3n) is 1.63. The summed E-state index contributed by atoms with van der Waals surface area (Å²) in [6, 6.07) is 3.32. The van der Waals surface area contributed by atoms with E-state index in [-0.39, 0.29) is 0 Å². The topological polar surface area (TPSA) is 51.4 Å². The quantitative estimate of drug-likeness (QED) is 0.769. The third-order valence-corrected chi connectivity index (χ3v) is 1.84. The lowest BCUT2D eigenvalue weighted by Crippen LogP contribution is -2.20. The van der Waals surface area contributed by atoms with Gasteiger partial charge < -0.3 is 15.4 Å². The molecule has 14 heavy (non-hydrogen) atoms. The second kappa shape index (κ2) is 5.02. The van der Waals surface area contributed by atoms with Crippen molar-refractivity contribution < 1.29 is 4.74 Å². The maximum Gasteiger partial charge on any atom is 0.238 e. The van der Waals surface area contributed by atoms with Crippen LogP contribution in [0.1, 0.15) is 0 Å². The van der Waals surface area contributed by atoms with Crippen molar-refractivity contribution in [2.75, 3.05) is 33.0 Å². The maximum absolute atomic E-state index is 5.70. The molecule has 0 saturated heterocycles. The summed E-state index contributed by atoms with van der Waals surface area (Å²) in [6.45, 7) is 1.36. The minimum absolute atomic E-state index is 0.388. The Morgan fingerprint density at radius 3 is 2.86 bits per heavy atom. The van der Waals surface area contributed by atoms with E-state index in [2.05, 4.69) is 4.98 Å². The van der Waals surface area contributed by atoms with Gasteiger partial charge in [-0.1, -0.05) is 11.6 Å². The molecule has 0 saturated carbocycles. The van der Waals surface area contributed by atoms with E-state index in [1.165, 1.54) is 0 Å². The normalized spacial score (nSPS) is 10.6. The van der Waals surface area contributed by atoms with Crippen molar-refractivity contribution in [2.24, 2.45) is 0 Å². The predicted molar refractivity (Wildman–Crippen MR) is 57.7 cm³/mol. The molecule has 0 unspecified atom stereocenters. The molecule has 4 nitrogen and oxygen atoms in total. The van der Waals surface area contributed by atoms with Crippen molar-refractivity contribution in [1.29, 1.82) is 0 Å². The fourth-order valence-electron chi connectivity index (χ4n) is 0.869. The highest BCUT2D eigenvalue weighted by molar-refractivity contribution is 6.29. The number of nitrogen functional groups attached to an aromatic ring is 1. The van der Waals surface area contributed by atoms with Gasteiger partial charge in [0.25, 0.3) is 0 Å². The average Bonchev–Trinajstić information content (AvgIpc) is 2.10. The molecule has 0 aromatic carbocycles. The molecule has 0 radical (unpaired) electrons. The van der Waals surface area contributed by atoms with E-state index in [0.717, 1.165) is 6.54 Å². The molecule has 0 spiro atoms.